The van der Waals surface area contributed by atoms with Crippen molar-refractivity contribution in [2.75, 3.05) is 26.2 Å². The van der Waals surface area contributed by atoms with Crippen LogP contribution in [0.3, 0.4) is 0 Å². The Hall–Kier alpha value is -0.610. The number of nitrogens with one attached hydrogen (secondary N) is 1. The van der Waals surface area contributed by atoms with Crippen molar-refractivity contribution in [1.82, 2.24) is 10.2 Å². The molecular weight excluding hydrogens is 228 g/mol. The smallest absolute Gasteiger partial charge is 0.236 e. The first-order chi connectivity index (χ1) is 8.75. The maximum atomic E-state index is 12.1. The maximum Gasteiger partial charge on any atom is 0.236 e. The minimum absolute atomic E-state index is 0.274. The predicted octanol–water partition coefficient (Wildman–Crippen LogP) is 1.55. The van der Waals surface area contributed by atoms with Gasteiger partial charge >= 0.3 is 0 Å². The summed E-state index contributed by atoms with van der Waals surface area (Å²) in [6.07, 6.45) is 7.25. The third kappa shape index (κ3) is 4.25. The fourth-order valence-electron chi connectivity index (χ4n) is 2.85. The topological polar surface area (TPSA) is 41.6 Å². The van der Waals surface area contributed by atoms with Crippen molar-refractivity contribution in [3.8, 4) is 0 Å². The minimum Gasteiger partial charge on any atom is -0.378 e. The quantitative estimate of drug-likeness (QED) is 0.831. The highest BCUT2D eigenvalue weighted by Gasteiger charge is 2.21. The molecular formula is C14H26N2O2. The van der Waals surface area contributed by atoms with E-state index in [0.717, 1.165) is 32.5 Å². The van der Waals surface area contributed by atoms with Crippen LogP contribution in [0, 0.1) is 0 Å². The van der Waals surface area contributed by atoms with Gasteiger partial charge in [0.15, 0.2) is 0 Å². The molecule has 2 unspecified atom stereocenters. The van der Waals surface area contributed by atoms with Crippen molar-refractivity contribution >= 4 is 5.91 Å². The second-order valence-corrected chi connectivity index (χ2v) is 5.58. The number of ether oxygens (including phenoxy) is 1. The first kappa shape index (κ1) is 13.8. The number of carbonyl (C=O) groups excluding carboxylic acids is 1. The van der Waals surface area contributed by atoms with E-state index in [0.29, 0.717) is 18.7 Å². The number of amides is 1. The van der Waals surface area contributed by atoms with Gasteiger partial charge in [0.25, 0.3) is 0 Å². The second kappa shape index (κ2) is 7.10. The van der Waals surface area contributed by atoms with Crippen LogP contribution in [-0.4, -0.2) is 49.2 Å². The molecule has 2 saturated heterocycles. The van der Waals surface area contributed by atoms with E-state index in [1.807, 2.05) is 4.90 Å². The number of hydrogen-bond donors (Lipinski definition) is 1. The molecule has 0 radical (unpaired) electrons. The van der Waals surface area contributed by atoms with Gasteiger partial charge in [0.1, 0.15) is 0 Å². The Morgan fingerprint density at radius 2 is 2.00 bits per heavy atom. The van der Waals surface area contributed by atoms with Gasteiger partial charge in [0.05, 0.1) is 12.6 Å². The third-order valence-electron chi connectivity index (χ3n) is 3.99. The number of rotatable bonds is 3. The Bertz CT molecular complexity index is 263. The maximum absolute atomic E-state index is 12.1. The molecule has 2 aliphatic rings. The van der Waals surface area contributed by atoms with Gasteiger partial charge in [0.2, 0.25) is 5.91 Å². The van der Waals surface area contributed by atoms with E-state index in [1.54, 1.807) is 0 Å². The van der Waals surface area contributed by atoms with Crippen LogP contribution >= 0.6 is 0 Å². The molecule has 1 amide bonds. The van der Waals surface area contributed by atoms with E-state index in [4.69, 9.17) is 4.74 Å². The lowest BCUT2D eigenvalue weighted by atomic mass is 10.0. The van der Waals surface area contributed by atoms with E-state index < -0.39 is 0 Å². The molecule has 0 aliphatic carbocycles. The molecule has 4 heteroatoms. The van der Waals surface area contributed by atoms with Crippen LogP contribution in [0.15, 0.2) is 0 Å². The van der Waals surface area contributed by atoms with Crippen molar-refractivity contribution in [3.63, 3.8) is 0 Å². The Labute approximate surface area is 110 Å². The van der Waals surface area contributed by atoms with Gasteiger partial charge in [0, 0.05) is 25.7 Å². The van der Waals surface area contributed by atoms with Gasteiger partial charge in [-0.2, -0.15) is 0 Å². The van der Waals surface area contributed by atoms with Crippen molar-refractivity contribution in [2.45, 2.75) is 57.6 Å². The number of carbonyl (C=O) groups is 1. The van der Waals surface area contributed by atoms with E-state index in [2.05, 4.69) is 12.2 Å². The molecule has 2 rings (SSSR count). The normalized spacial score (nSPS) is 29.9. The van der Waals surface area contributed by atoms with Gasteiger partial charge in [-0.05, 0) is 32.6 Å². The summed E-state index contributed by atoms with van der Waals surface area (Å²) in [6.45, 7) is 5.31. The number of likely N-dealkylation sites (tertiary alicyclic amines) is 1. The standard InChI is InChI=1S/C14H26N2O2/c1-12-10-13(6-9-18-12)15-11-14(17)16-7-4-2-3-5-8-16/h12-13,15H,2-11H2,1H3. The zero-order valence-electron chi connectivity index (χ0n) is 11.5. The molecule has 2 atom stereocenters. The largest absolute Gasteiger partial charge is 0.378 e. The molecule has 18 heavy (non-hydrogen) atoms. The summed E-state index contributed by atoms with van der Waals surface area (Å²) in [5.41, 5.74) is 0. The SMILES string of the molecule is CC1CC(NCC(=O)N2CCCCCC2)CCO1. The molecule has 104 valence electrons. The van der Waals surface area contributed by atoms with E-state index >= 15 is 0 Å². The lowest BCUT2D eigenvalue weighted by Gasteiger charge is -2.29. The van der Waals surface area contributed by atoms with Crippen LogP contribution in [0.4, 0.5) is 0 Å². The summed E-state index contributed by atoms with van der Waals surface area (Å²) >= 11 is 0. The summed E-state index contributed by atoms with van der Waals surface area (Å²) in [5, 5.41) is 3.40. The average Bonchev–Trinajstić information content (AvgIpc) is 2.65. The average molecular weight is 254 g/mol. The molecule has 0 saturated carbocycles. The van der Waals surface area contributed by atoms with Gasteiger partial charge in [-0.3, -0.25) is 4.79 Å². The van der Waals surface area contributed by atoms with Crippen molar-refractivity contribution in [3.05, 3.63) is 0 Å². The Morgan fingerprint density at radius 3 is 2.67 bits per heavy atom. The lowest BCUT2D eigenvalue weighted by Crippen LogP contribution is -2.44. The highest BCUT2D eigenvalue weighted by molar-refractivity contribution is 5.78. The lowest BCUT2D eigenvalue weighted by molar-refractivity contribution is -0.130. The van der Waals surface area contributed by atoms with Crippen molar-refractivity contribution < 1.29 is 9.53 Å². The van der Waals surface area contributed by atoms with Crippen LogP contribution in [0.2, 0.25) is 0 Å². The Morgan fingerprint density at radius 1 is 1.28 bits per heavy atom. The molecule has 0 aromatic carbocycles. The van der Waals surface area contributed by atoms with Gasteiger partial charge in [-0.15, -0.1) is 0 Å². The molecule has 1 N–H and O–H groups in total. The van der Waals surface area contributed by atoms with E-state index in [1.165, 1.54) is 25.7 Å². The van der Waals surface area contributed by atoms with Crippen LogP contribution in [0.25, 0.3) is 0 Å². The fourth-order valence-corrected chi connectivity index (χ4v) is 2.85. The molecule has 2 fully saturated rings. The fraction of sp³-hybridized carbons (Fsp3) is 0.929. The summed E-state index contributed by atoms with van der Waals surface area (Å²) in [4.78, 5) is 14.1. The van der Waals surface area contributed by atoms with Crippen LogP contribution in [0.1, 0.15) is 45.4 Å². The van der Waals surface area contributed by atoms with Crippen molar-refractivity contribution in [1.29, 1.82) is 0 Å². The predicted molar refractivity (Wildman–Crippen MR) is 71.5 cm³/mol. The van der Waals surface area contributed by atoms with Crippen molar-refractivity contribution in [2.24, 2.45) is 0 Å². The van der Waals surface area contributed by atoms with Crippen LogP contribution in [0.5, 0.6) is 0 Å². The highest BCUT2D eigenvalue weighted by Crippen LogP contribution is 2.13. The molecule has 0 aromatic rings. The Kier molecular flexibility index (Phi) is 5.45. The minimum atomic E-state index is 0.274. The summed E-state index contributed by atoms with van der Waals surface area (Å²) in [5.74, 6) is 0.274. The van der Waals surface area contributed by atoms with E-state index in [-0.39, 0.29) is 5.91 Å². The summed E-state index contributed by atoms with van der Waals surface area (Å²) < 4.78 is 5.51. The summed E-state index contributed by atoms with van der Waals surface area (Å²) in [7, 11) is 0. The van der Waals surface area contributed by atoms with Crippen LogP contribution < -0.4 is 5.32 Å². The van der Waals surface area contributed by atoms with Gasteiger partial charge < -0.3 is 15.0 Å². The molecule has 2 aliphatic heterocycles. The van der Waals surface area contributed by atoms with Crippen LogP contribution in [-0.2, 0) is 9.53 Å². The first-order valence-electron chi connectivity index (χ1n) is 7.38. The third-order valence-corrected chi connectivity index (χ3v) is 3.99. The number of hydrogen-bond acceptors (Lipinski definition) is 3. The van der Waals surface area contributed by atoms with E-state index in [9.17, 15) is 4.79 Å². The molecule has 0 aromatic heterocycles. The van der Waals surface area contributed by atoms with Gasteiger partial charge in [-0.25, -0.2) is 0 Å². The first-order valence-corrected chi connectivity index (χ1v) is 7.38. The molecule has 4 nitrogen and oxygen atoms in total. The second-order valence-electron chi connectivity index (χ2n) is 5.58. The highest BCUT2D eigenvalue weighted by atomic mass is 16.5. The molecule has 0 spiro atoms. The summed E-state index contributed by atoms with van der Waals surface area (Å²) in [6, 6.07) is 0.449. The van der Waals surface area contributed by atoms with Gasteiger partial charge in [-0.1, -0.05) is 12.8 Å². The zero-order chi connectivity index (χ0) is 12.8. The Balaban J connectivity index is 1.70. The number of nitrogens with zero attached hydrogens (tertiary/aromatic N) is 1. The molecule has 0 bridgehead atoms. The molecule has 2 heterocycles. The zero-order valence-corrected chi connectivity index (χ0v) is 11.5. The monoisotopic (exact) mass is 254 g/mol.